The highest BCUT2D eigenvalue weighted by Crippen LogP contribution is 2.18. The Balaban J connectivity index is 2.48. The fourth-order valence-electron chi connectivity index (χ4n) is 1.01. The molecule has 0 bridgehead atoms. The molecule has 5 heteroatoms. The van der Waals surface area contributed by atoms with E-state index in [0.717, 1.165) is 0 Å². The molecule has 0 spiro atoms. The van der Waals surface area contributed by atoms with E-state index in [9.17, 15) is 0 Å². The van der Waals surface area contributed by atoms with Gasteiger partial charge in [0.05, 0.1) is 0 Å². The lowest BCUT2D eigenvalue weighted by atomic mass is 10.1. The van der Waals surface area contributed by atoms with Crippen LogP contribution in [0.1, 0.15) is 6.42 Å². The van der Waals surface area contributed by atoms with Gasteiger partial charge in [-0.25, -0.2) is 0 Å². The van der Waals surface area contributed by atoms with Gasteiger partial charge in [-0.15, -0.1) is 0 Å². The highest BCUT2D eigenvalue weighted by atomic mass is 16.7. The van der Waals surface area contributed by atoms with Crippen molar-refractivity contribution in [3.8, 4) is 0 Å². The molecule has 0 aliphatic carbocycles. The molecule has 66 valence electrons. The lowest BCUT2D eigenvalue weighted by Gasteiger charge is -2.33. The molecule has 1 aliphatic heterocycles. The first-order valence-corrected chi connectivity index (χ1v) is 3.37. The van der Waals surface area contributed by atoms with Crippen LogP contribution >= 0.6 is 0 Å². The zero-order chi connectivity index (χ0) is 8.43. The summed E-state index contributed by atoms with van der Waals surface area (Å²) in [5.74, 6) is 0. The molecule has 1 aliphatic rings. The molecular weight excluding hydrogens is 152 g/mol. The number of ether oxygens (including phenoxy) is 2. The highest BCUT2D eigenvalue weighted by molar-refractivity contribution is 4.74. The van der Waals surface area contributed by atoms with Gasteiger partial charge in [-0.1, -0.05) is 0 Å². The van der Waals surface area contributed by atoms with E-state index in [1.165, 1.54) is 7.11 Å². The van der Waals surface area contributed by atoms with Crippen LogP contribution in [0.15, 0.2) is 0 Å². The maximum absolute atomic E-state index is 9.14. The van der Waals surface area contributed by atoms with Crippen molar-refractivity contribution >= 4 is 0 Å². The molecule has 5 nitrogen and oxygen atoms in total. The Bertz CT molecular complexity index is 128. The van der Waals surface area contributed by atoms with Gasteiger partial charge in [-0.05, 0) is 0 Å². The zero-order valence-corrected chi connectivity index (χ0v) is 6.17. The van der Waals surface area contributed by atoms with E-state index in [1.807, 2.05) is 0 Å². The SMILES string of the molecule is COC1OC(O)C(O)CC1O. The summed E-state index contributed by atoms with van der Waals surface area (Å²) in [5.41, 5.74) is 0. The summed E-state index contributed by atoms with van der Waals surface area (Å²) < 4.78 is 9.37. The van der Waals surface area contributed by atoms with Crippen molar-refractivity contribution in [2.45, 2.75) is 31.2 Å². The first-order chi connectivity index (χ1) is 5.15. The molecule has 1 rings (SSSR count). The fourth-order valence-corrected chi connectivity index (χ4v) is 1.01. The van der Waals surface area contributed by atoms with Gasteiger partial charge >= 0.3 is 0 Å². The summed E-state index contributed by atoms with van der Waals surface area (Å²) in [4.78, 5) is 0. The van der Waals surface area contributed by atoms with Crippen LogP contribution in [0.3, 0.4) is 0 Å². The smallest absolute Gasteiger partial charge is 0.186 e. The Hall–Kier alpha value is -0.200. The molecule has 0 aromatic heterocycles. The third-order valence-electron chi connectivity index (χ3n) is 1.63. The van der Waals surface area contributed by atoms with Crippen molar-refractivity contribution in [2.24, 2.45) is 0 Å². The lowest BCUT2D eigenvalue weighted by molar-refractivity contribution is -0.307. The summed E-state index contributed by atoms with van der Waals surface area (Å²) in [5, 5.41) is 27.0. The highest BCUT2D eigenvalue weighted by Gasteiger charge is 2.34. The normalized spacial score (nSPS) is 45.8. The predicted octanol–water partition coefficient (Wildman–Crippen LogP) is -1.58. The minimum atomic E-state index is -1.26. The summed E-state index contributed by atoms with van der Waals surface area (Å²) in [7, 11) is 1.36. The molecule has 1 fully saturated rings. The Morgan fingerprint density at radius 2 is 1.91 bits per heavy atom. The molecular formula is C6H12O5. The second-order valence-electron chi connectivity index (χ2n) is 2.50. The summed E-state index contributed by atoms with van der Waals surface area (Å²) in [6.07, 6.45) is -3.94. The van der Waals surface area contributed by atoms with Crippen LogP contribution in [0.25, 0.3) is 0 Å². The number of hydrogen-bond donors (Lipinski definition) is 3. The van der Waals surface area contributed by atoms with Crippen molar-refractivity contribution < 1.29 is 24.8 Å². The van der Waals surface area contributed by atoms with E-state index >= 15 is 0 Å². The van der Waals surface area contributed by atoms with Gasteiger partial charge in [0.2, 0.25) is 0 Å². The third-order valence-corrected chi connectivity index (χ3v) is 1.63. The molecule has 4 atom stereocenters. The van der Waals surface area contributed by atoms with Crippen LogP contribution in [-0.4, -0.2) is 47.2 Å². The van der Waals surface area contributed by atoms with E-state index in [2.05, 4.69) is 4.74 Å². The minimum Gasteiger partial charge on any atom is -0.388 e. The topological polar surface area (TPSA) is 79.2 Å². The van der Waals surface area contributed by atoms with Crippen LogP contribution in [0, 0.1) is 0 Å². The molecule has 0 amide bonds. The van der Waals surface area contributed by atoms with E-state index in [0.29, 0.717) is 0 Å². The summed E-state index contributed by atoms with van der Waals surface area (Å²) in [6, 6.07) is 0. The average molecular weight is 164 g/mol. The van der Waals surface area contributed by atoms with E-state index in [-0.39, 0.29) is 6.42 Å². The second-order valence-corrected chi connectivity index (χ2v) is 2.50. The summed E-state index contributed by atoms with van der Waals surface area (Å²) >= 11 is 0. The molecule has 11 heavy (non-hydrogen) atoms. The van der Waals surface area contributed by atoms with E-state index in [4.69, 9.17) is 20.1 Å². The van der Waals surface area contributed by atoms with Gasteiger partial charge in [-0.2, -0.15) is 0 Å². The number of rotatable bonds is 1. The van der Waals surface area contributed by atoms with Gasteiger partial charge in [0, 0.05) is 13.5 Å². The molecule has 1 saturated heterocycles. The Morgan fingerprint density at radius 3 is 2.45 bits per heavy atom. The van der Waals surface area contributed by atoms with Crippen molar-refractivity contribution in [1.82, 2.24) is 0 Å². The van der Waals surface area contributed by atoms with Crippen LogP contribution in [0.5, 0.6) is 0 Å². The second kappa shape index (κ2) is 3.46. The number of methoxy groups -OCH3 is 1. The molecule has 0 saturated carbocycles. The van der Waals surface area contributed by atoms with Crippen LogP contribution in [0.2, 0.25) is 0 Å². The molecule has 1 heterocycles. The molecule has 3 N–H and O–H groups in total. The fraction of sp³-hybridized carbons (Fsp3) is 1.00. The van der Waals surface area contributed by atoms with Crippen LogP contribution in [-0.2, 0) is 9.47 Å². The Labute approximate surface area is 64.2 Å². The van der Waals surface area contributed by atoms with Crippen LogP contribution in [0.4, 0.5) is 0 Å². The molecule has 4 unspecified atom stereocenters. The van der Waals surface area contributed by atoms with Gasteiger partial charge in [0.25, 0.3) is 0 Å². The van der Waals surface area contributed by atoms with Crippen molar-refractivity contribution in [2.75, 3.05) is 7.11 Å². The van der Waals surface area contributed by atoms with Gasteiger partial charge in [0.15, 0.2) is 12.6 Å². The quantitative estimate of drug-likeness (QED) is 0.436. The number of aliphatic hydroxyl groups excluding tert-OH is 3. The van der Waals surface area contributed by atoms with Crippen molar-refractivity contribution in [1.29, 1.82) is 0 Å². The first kappa shape index (κ1) is 8.89. The lowest BCUT2D eigenvalue weighted by Crippen LogP contribution is -2.47. The van der Waals surface area contributed by atoms with E-state index in [1.54, 1.807) is 0 Å². The van der Waals surface area contributed by atoms with Gasteiger partial charge in [0.1, 0.15) is 12.2 Å². The Morgan fingerprint density at radius 1 is 1.27 bits per heavy atom. The molecule has 0 aromatic carbocycles. The average Bonchev–Trinajstić information content (AvgIpc) is 1.97. The number of aliphatic hydroxyl groups is 3. The molecule has 0 radical (unpaired) electrons. The van der Waals surface area contributed by atoms with E-state index < -0.39 is 24.8 Å². The molecule has 0 aromatic rings. The standard InChI is InChI=1S/C6H12O5/c1-10-6-4(8)2-3(7)5(9)11-6/h3-9H,2H2,1H3. The largest absolute Gasteiger partial charge is 0.388 e. The number of hydrogen-bond acceptors (Lipinski definition) is 5. The van der Waals surface area contributed by atoms with Crippen molar-refractivity contribution in [3.05, 3.63) is 0 Å². The van der Waals surface area contributed by atoms with Gasteiger partial charge < -0.3 is 24.8 Å². The first-order valence-electron chi connectivity index (χ1n) is 3.37. The third kappa shape index (κ3) is 1.88. The van der Waals surface area contributed by atoms with Crippen molar-refractivity contribution in [3.63, 3.8) is 0 Å². The van der Waals surface area contributed by atoms with Gasteiger partial charge in [-0.3, -0.25) is 0 Å². The summed E-state index contributed by atoms with van der Waals surface area (Å²) in [6.45, 7) is 0. The minimum absolute atomic E-state index is 0.0691. The monoisotopic (exact) mass is 164 g/mol. The maximum atomic E-state index is 9.14. The predicted molar refractivity (Wildman–Crippen MR) is 34.5 cm³/mol. The Kier molecular flexibility index (Phi) is 2.80. The zero-order valence-electron chi connectivity index (χ0n) is 6.17. The maximum Gasteiger partial charge on any atom is 0.186 e. The van der Waals surface area contributed by atoms with Crippen LogP contribution < -0.4 is 0 Å².